The van der Waals surface area contributed by atoms with Crippen molar-refractivity contribution in [1.82, 2.24) is 35.1 Å². The van der Waals surface area contributed by atoms with Crippen LogP contribution in [-0.4, -0.2) is 144 Å². The molecule has 5 heterocycles. The fourth-order valence-corrected chi connectivity index (χ4v) is 10.9. The van der Waals surface area contributed by atoms with Crippen LogP contribution in [-0.2, 0) is 59.4 Å². The van der Waals surface area contributed by atoms with E-state index in [1.54, 1.807) is 32.3 Å². The van der Waals surface area contributed by atoms with Gasteiger partial charge in [-0.15, -0.1) is 6.58 Å². The summed E-state index contributed by atoms with van der Waals surface area (Å²) in [4.78, 5) is 80.2. The van der Waals surface area contributed by atoms with Gasteiger partial charge >= 0.3 is 11.9 Å². The zero-order valence-corrected chi connectivity index (χ0v) is 43.4. The van der Waals surface area contributed by atoms with E-state index < -0.39 is 46.7 Å². The molecule has 2 aromatic carbocycles. The van der Waals surface area contributed by atoms with Crippen molar-refractivity contribution in [2.75, 3.05) is 68.1 Å². The van der Waals surface area contributed by atoms with Gasteiger partial charge in [-0.1, -0.05) is 70.0 Å². The van der Waals surface area contributed by atoms with Gasteiger partial charge in [0.1, 0.15) is 11.6 Å². The minimum Gasteiger partial charge on any atom is -0.464 e. The third-order valence-corrected chi connectivity index (χ3v) is 14.3. The van der Waals surface area contributed by atoms with E-state index >= 15 is 9.59 Å². The lowest BCUT2D eigenvalue weighted by molar-refractivity contribution is -0.836. The number of aryl methyl sites for hydroxylation is 1. The maximum absolute atomic E-state index is 15.3. The maximum Gasteiger partial charge on any atom is 0.324 e. The summed E-state index contributed by atoms with van der Waals surface area (Å²) < 4.78 is 13.8. The zero-order chi connectivity index (χ0) is 51.4. The number of likely N-dealkylation sites (N-methyl/N-ethyl adjacent to an activating group) is 1. The van der Waals surface area contributed by atoms with Crippen LogP contribution < -0.4 is 10.7 Å². The standard InChI is InChI=1S/C56H72N8O7/c1-12-56(58-51(66)50(37(3)4)64(9,10)52(67)41-24-28-61(34-41)48(65)20-16-26-60(7)8)31-38-17-14-18-39(29-38)40-21-22-47-43(30-40)44(49(62(47)13-2)45-33-57-25-23-42(45)35-70-11)32-55(5,6)36-71-53(68)46-19-15-27-63(59-46)54(56)69/h12,14,17-18,21-23,25,29-30,33,37,41,46,50,59H,1,13,15,19,24,26-28,31-32,34-36H2,2-11H3/p+1/t41-,46-,50-,56?/m0/s1. The number of aromatic nitrogens is 2. The number of quaternary nitrogens is 1. The number of carbonyl (C=O) groups is 5. The molecule has 2 N–H and O–H groups in total. The van der Waals surface area contributed by atoms with Gasteiger partial charge in [0.25, 0.3) is 17.7 Å². The highest BCUT2D eigenvalue weighted by atomic mass is 16.5. The number of amides is 4. The molecule has 3 aliphatic rings. The van der Waals surface area contributed by atoms with E-state index in [1.165, 1.54) is 11.1 Å². The summed E-state index contributed by atoms with van der Waals surface area (Å²) in [6, 6.07) is 14.7. The Labute approximate surface area is 419 Å². The largest absolute Gasteiger partial charge is 0.464 e. The Balaban J connectivity index is 1.29. The normalized spacial score (nSPS) is 21.1. The van der Waals surface area contributed by atoms with Crippen molar-refractivity contribution in [3.63, 3.8) is 0 Å². The highest BCUT2D eigenvalue weighted by Crippen LogP contribution is 2.41. The van der Waals surface area contributed by atoms with Crippen LogP contribution in [0.2, 0.25) is 0 Å². The molecule has 71 heavy (non-hydrogen) atoms. The first-order valence-electron chi connectivity index (χ1n) is 24.9. The van der Waals surface area contributed by atoms with Crippen molar-refractivity contribution in [1.29, 1.82) is 0 Å². The molecule has 4 amide bonds. The summed E-state index contributed by atoms with van der Waals surface area (Å²) in [6.45, 7) is 16.8. The molecule has 15 nitrogen and oxygen atoms in total. The van der Waals surface area contributed by atoms with Crippen LogP contribution in [0.15, 0.2) is 73.6 Å². The highest BCUT2D eigenvalue weighted by molar-refractivity contribution is 5.97. The molecule has 2 aromatic heterocycles. The first kappa shape index (κ1) is 52.6. The quantitative estimate of drug-likeness (QED) is 0.0819. The van der Waals surface area contributed by atoms with Crippen LogP contribution in [0.5, 0.6) is 0 Å². The number of benzene rings is 2. The molecule has 4 atom stereocenters. The smallest absolute Gasteiger partial charge is 0.324 e. The number of methoxy groups -OCH3 is 1. The first-order valence-corrected chi connectivity index (χ1v) is 24.9. The number of likely N-dealkylation sites (tertiary alicyclic amines) is 1. The van der Waals surface area contributed by atoms with E-state index in [0.29, 0.717) is 51.9 Å². The number of fused-ring (bicyclic) bond motifs is 6. The molecular weight excluding hydrogens is 897 g/mol. The van der Waals surface area contributed by atoms with Crippen molar-refractivity contribution in [2.24, 2.45) is 17.3 Å². The zero-order valence-electron chi connectivity index (χ0n) is 43.4. The molecule has 15 heteroatoms. The molecule has 1 unspecified atom stereocenters. The Bertz CT molecular complexity index is 2750. The number of hydrogen-bond donors (Lipinski definition) is 2. The third kappa shape index (κ3) is 11.2. The van der Waals surface area contributed by atoms with Gasteiger partial charge in [0.2, 0.25) is 0 Å². The maximum atomic E-state index is 15.3. The first-order chi connectivity index (χ1) is 33.7. The molecule has 3 aliphatic heterocycles. The lowest BCUT2D eigenvalue weighted by Gasteiger charge is -2.42. The number of esters is 1. The van der Waals surface area contributed by atoms with E-state index in [9.17, 15) is 14.4 Å². The Morgan fingerprint density at radius 3 is 2.54 bits per heavy atom. The minimum absolute atomic E-state index is 0.0181. The third-order valence-electron chi connectivity index (χ3n) is 14.3. The van der Waals surface area contributed by atoms with E-state index in [4.69, 9.17) is 9.47 Å². The van der Waals surface area contributed by atoms with Gasteiger partial charge in [0, 0.05) is 79.9 Å². The summed E-state index contributed by atoms with van der Waals surface area (Å²) in [5.74, 6) is 2.72. The fraction of sp³-hybridized carbons (Fsp3) is 0.500. The summed E-state index contributed by atoms with van der Waals surface area (Å²) in [6.07, 6.45) is 7.15. The number of nitrogens with zero attached hydrogens (tertiary/aromatic N) is 6. The van der Waals surface area contributed by atoms with Crippen LogP contribution in [0, 0.1) is 29.1 Å². The van der Waals surface area contributed by atoms with Crippen molar-refractivity contribution >= 4 is 40.5 Å². The van der Waals surface area contributed by atoms with Crippen LogP contribution in [0.25, 0.3) is 33.3 Å². The molecule has 2 saturated heterocycles. The van der Waals surface area contributed by atoms with Crippen molar-refractivity contribution in [3.8, 4) is 34.2 Å². The second kappa shape index (κ2) is 21.7. The number of rotatable bonds is 11. The summed E-state index contributed by atoms with van der Waals surface area (Å²) >= 11 is 0. The number of nitrogens with one attached hydrogen (secondary N) is 2. The minimum atomic E-state index is -1.73. The summed E-state index contributed by atoms with van der Waals surface area (Å²) in [7, 11) is 8.89. The Morgan fingerprint density at radius 1 is 1.07 bits per heavy atom. The predicted octanol–water partition coefficient (Wildman–Crippen LogP) is 5.78. The lowest BCUT2D eigenvalue weighted by Crippen LogP contribution is -2.69. The molecule has 2 fully saturated rings. The second-order valence-corrected chi connectivity index (χ2v) is 21.4. The monoisotopic (exact) mass is 970 g/mol. The topological polar surface area (TPSA) is 155 Å². The van der Waals surface area contributed by atoms with E-state index in [0.717, 1.165) is 50.0 Å². The molecule has 4 aromatic rings. The van der Waals surface area contributed by atoms with E-state index in [-0.39, 0.29) is 48.3 Å². The van der Waals surface area contributed by atoms with Crippen molar-refractivity contribution in [3.05, 3.63) is 90.3 Å². The molecule has 7 rings (SSSR count). The number of hydrogen-bond acceptors (Lipinski definition) is 10. The van der Waals surface area contributed by atoms with Gasteiger partial charge in [-0.05, 0) is 98.6 Å². The van der Waals surface area contributed by atoms with Gasteiger partial charge in [-0.3, -0.25) is 38.6 Å². The van der Waals surface area contributed by atoms with Crippen LogP contribution in [0.3, 0.4) is 0 Å². The van der Waals surface area contributed by atoms with E-state index in [2.05, 4.69) is 77.7 Å². The molecule has 0 radical (unpaired) electrons. The Morgan fingerprint density at radius 2 is 1.83 bits per heavy atom. The number of carbonyl (C=O) groups excluding carboxylic acids is 5. The van der Waals surface area contributed by atoms with E-state index in [1.807, 2.05) is 69.4 Å². The number of hydrazine groups is 1. The van der Waals surface area contributed by atoms with Crippen LogP contribution >= 0.6 is 0 Å². The fourth-order valence-electron chi connectivity index (χ4n) is 10.9. The van der Waals surface area contributed by atoms with Crippen LogP contribution in [0.4, 0.5) is 0 Å². The van der Waals surface area contributed by atoms with Gasteiger partial charge in [0.15, 0.2) is 6.04 Å². The molecule has 0 spiro atoms. The molecule has 6 bridgehead atoms. The average molecular weight is 970 g/mol. The number of pyridine rings is 1. The second-order valence-electron chi connectivity index (χ2n) is 21.4. The van der Waals surface area contributed by atoms with Crippen LogP contribution in [0.1, 0.15) is 70.6 Å². The number of cyclic esters (lactones) is 1. The molecular formula is C56H73N8O7+. The summed E-state index contributed by atoms with van der Waals surface area (Å²) in [5.41, 5.74) is 8.77. The Hall–Kier alpha value is -6.18. The van der Waals surface area contributed by atoms with Crippen molar-refractivity contribution in [2.45, 2.75) is 97.5 Å². The molecule has 378 valence electrons. The predicted molar refractivity (Wildman–Crippen MR) is 275 cm³/mol. The molecule has 0 aliphatic carbocycles. The lowest BCUT2D eigenvalue weighted by atomic mass is 9.84. The van der Waals surface area contributed by atoms with Gasteiger partial charge in [-0.25, -0.2) is 10.2 Å². The van der Waals surface area contributed by atoms with Crippen molar-refractivity contribution < 1.29 is 37.9 Å². The average Bonchev–Trinajstić information content (AvgIpc) is 3.95. The van der Waals surface area contributed by atoms with Gasteiger partial charge in [0.05, 0.1) is 45.5 Å². The number of ether oxygens (including phenoxy) is 2. The Kier molecular flexibility index (Phi) is 16.1. The molecule has 0 saturated carbocycles. The van der Waals surface area contributed by atoms with Gasteiger partial charge < -0.3 is 24.3 Å². The highest BCUT2D eigenvalue weighted by Gasteiger charge is 2.51. The SMILES string of the molecule is C=CC1(NC(=O)[C@H](C(C)C)[N+](C)(C)C(=O)[C@H]2CCN(C(=O)C#CCN(C)C)C2)Cc2cccc(c2)-c2ccc3c(c2)c(c(-c2cnccc2COC)n3CC)CC(C)(C)COC(=O)[C@@H]2CCCN(N2)C1=O. The van der Waals surface area contributed by atoms with Gasteiger partial charge in [-0.2, -0.15) is 0 Å². The summed E-state index contributed by atoms with van der Waals surface area (Å²) in [5, 5.41) is 5.65.